The normalized spacial score (nSPS) is 11.9. The van der Waals surface area contributed by atoms with Gasteiger partial charge in [-0.3, -0.25) is 4.79 Å². The number of aryl methyl sites for hydroxylation is 1. The molecule has 0 atom stereocenters. The number of halogens is 1. The molecular formula is C19H23ClN2O4S. The number of hydrogen-bond donors (Lipinski definition) is 2. The highest BCUT2D eigenvalue weighted by molar-refractivity contribution is 7.89. The molecule has 0 aliphatic heterocycles. The molecule has 0 fully saturated rings. The lowest BCUT2D eigenvalue weighted by atomic mass is 10.1. The number of benzene rings is 2. The van der Waals surface area contributed by atoms with Crippen LogP contribution in [0.1, 0.15) is 36.7 Å². The van der Waals surface area contributed by atoms with Crippen LogP contribution < -0.4 is 14.8 Å². The second-order valence-electron chi connectivity index (χ2n) is 7.16. The van der Waals surface area contributed by atoms with Gasteiger partial charge in [0.25, 0.3) is 5.91 Å². The minimum atomic E-state index is -3.88. The molecule has 1 amide bonds. The molecule has 2 N–H and O–H groups in total. The Labute approximate surface area is 164 Å². The maximum atomic E-state index is 12.6. The van der Waals surface area contributed by atoms with Crippen LogP contribution in [0.3, 0.4) is 0 Å². The van der Waals surface area contributed by atoms with Crippen molar-refractivity contribution < 1.29 is 17.9 Å². The van der Waals surface area contributed by atoms with Gasteiger partial charge < -0.3 is 10.1 Å². The first-order valence-electron chi connectivity index (χ1n) is 8.22. The highest BCUT2D eigenvalue weighted by Gasteiger charge is 2.25. The van der Waals surface area contributed by atoms with Gasteiger partial charge in [0.15, 0.2) is 0 Å². The minimum absolute atomic E-state index is 0.0384. The maximum Gasteiger partial charge on any atom is 0.255 e. The van der Waals surface area contributed by atoms with E-state index >= 15 is 0 Å². The first kappa shape index (κ1) is 21.2. The summed E-state index contributed by atoms with van der Waals surface area (Å²) in [4.78, 5) is 12.5. The Kier molecular flexibility index (Phi) is 6.19. The third-order valence-corrected chi connectivity index (χ3v) is 5.77. The van der Waals surface area contributed by atoms with E-state index in [1.54, 1.807) is 32.9 Å². The Morgan fingerprint density at radius 3 is 2.37 bits per heavy atom. The Morgan fingerprint density at radius 1 is 1.11 bits per heavy atom. The molecule has 27 heavy (non-hydrogen) atoms. The second kappa shape index (κ2) is 7.88. The maximum absolute atomic E-state index is 12.6. The molecule has 0 heterocycles. The van der Waals surface area contributed by atoms with E-state index < -0.39 is 21.5 Å². The summed E-state index contributed by atoms with van der Waals surface area (Å²) >= 11 is 6.07. The molecular weight excluding hydrogens is 388 g/mol. The van der Waals surface area contributed by atoms with Gasteiger partial charge in [0.2, 0.25) is 10.0 Å². The van der Waals surface area contributed by atoms with E-state index in [9.17, 15) is 13.2 Å². The number of carbonyl (C=O) groups excluding carboxylic acids is 1. The lowest BCUT2D eigenvalue weighted by molar-refractivity contribution is 0.102. The van der Waals surface area contributed by atoms with Crippen LogP contribution in [0.4, 0.5) is 5.69 Å². The van der Waals surface area contributed by atoms with Crippen LogP contribution >= 0.6 is 11.6 Å². The Balaban J connectivity index is 2.38. The van der Waals surface area contributed by atoms with Gasteiger partial charge in [-0.15, -0.1) is 0 Å². The number of ether oxygens (including phenoxy) is 1. The van der Waals surface area contributed by atoms with Crippen molar-refractivity contribution in [2.45, 2.75) is 38.1 Å². The number of carbonyl (C=O) groups is 1. The summed E-state index contributed by atoms with van der Waals surface area (Å²) in [6, 6.07) is 9.49. The van der Waals surface area contributed by atoms with Crippen molar-refractivity contribution in [2.24, 2.45) is 0 Å². The zero-order chi connectivity index (χ0) is 20.4. The van der Waals surface area contributed by atoms with Gasteiger partial charge in [-0.2, -0.15) is 0 Å². The molecule has 0 saturated heterocycles. The summed E-state index contributed by atoms with van der Waals surface area (Å²) < 4.78 is 33.0. The third-order valence-electron chi connectivity index (χ3n) is 3.53. The zero-order valence-corrected chi connectivity index (χ0v) is 17.5. The highest BCUT2D eigenvalue weighted by atomic mass is 35.5. The topological polar surface area (TPSA) is 84.5 Å². The fourth-order valence-corrected chi connectivity index (χ4v) is 4.37. The molecule has 0 radical (unpaired) electrons. The molecule has 0 aliphatic rings. The molecule has 0 aliphatic carbocycles. The molecule has 2 rings (SSSR count). The number of anilines is 1. The van der Waals surface area contributed by atoms with Crippen molar-refractivity contribution in [3.63, 3.8) is 0 Å². The van der Waals surface area contributed by atoms with Crippen molar-refractivity contribution in [3.05, 3.63) is 52.5 Å². The second-order valence-corrected chi connectivity index (χ2v) is 9.22. The molecule has 146 valence electrons. The van der Waals surface area contributed by atoms with Gasteiger partial charge in [-0.25, -0.2) is 13.1 Å². The number of nitrogens with one attached hydrogen (secondary N) is 2. The van der Waals surface area contributed by atoms with E-state index in [1.165, 1.54) is 25.3 Å². The van der Waals surface area contributed by atoms with Crippen molar-refractivity contribution in [1.82, 2.24) is 4.72 Å². The summed E-state index contributed by atoms with van der Waals surface area (Å²) in [5.74, 6) is 0.0351. The van der Waals surface area contributed by atoms with Crippen molar-refractivity contribution in [1.29, 1.82) is 0 Å². The summed E-state index contributed by atoms with van der Waals surface area (Å²) in [7, 11) is -2.38. The molecule has 0 spiro atoms. The number of hydrogen-bond acceptors (Lipinski definition) is 4. The van der Waals surface area contributed by atoms with Crippen molar-refractivity contribution in [3.8, 4) is 5.75 Å². The Bertz CT molecular complexity index is 966. The van der Waals surface area contributed by atoms with Crippen molar-refractivity contribution in [2.75, 3.05) is 12.4 Å². The van der Waals surface area contributed by atoms with E-state index in [0.717, 1.165) is 5.56 Å². The predicted octanol–water partition coefficient (Wildman–Crippen LogP) is 3.99. The lowest BCUT2D eigenvalue weighted by Gasteiger charge is -2.21. The number of methoxy groups -OCH3 is 1. The summed E-state index contributed by atoms with van der Waals surface area (Å²) in [5.41, 5.74) is 0.918. The van der Waals surface area contributed by atoms with Crippen LogP contribution in [0.25, 0.3) is 0 Å². The first-order valence-corrected chi connectivity index (χ1v) is 10.1. The van der Waals surface area contributed by atoms with Crippen LogP contribution in [0.2, 0.25) is 5.02 Å². The Hall–Kier alpha value is -2.09. The monoisotopic (exact) mass is 410 g/mol. The fraction of sp³-hybridized carbons (Fsp3) is 0.316. The van der Waals surface area contributed by atoms with Crippen LogP contribution in [-0.2, 0) is 10.0 Å². The van der Waals surface area contributed by atoms with Crippen molar-refractivity contribution >= 4 is 33.2 Å². The smallest absolute Gasteiger partial charge is 0.255 e. The summed E-state index contributed by atoms with van der Waals surface area (Å²) in [6.07, 6.45) is 0. The van der Waals surface area contributed by atoms with Crippen LogP contribution in [0.15, 0.2) is 41.3 Å². The SMILES string of the molecule is COc1ccc(C)cc1NC(=O)c1ccc(Cl)c(S(=O)(=O)NC(C)(C)C)c1. The molecule has 0 aromatic heterocycles. The molecule has 0 unspecified atom stereocenters. The summed E-state index contributed by atoms with van der Waals surface area (Å²) in [5, 5.41) is 2.78. The van der Waals surface area contributed by atoms with E-state index in [2.05, 4.69) is 10.0 Å². The lowest BCUT2D eigenvalue weighted by Crippen LogP contribution is -2.40. The third kappa shape index (κ3) is 5.45. The molecule has 6 nitrogen and oxygen atoms in total. The van der Waals surface area contributed by atoms with E-state index in [4.69, 9.17) is 16.3 Å². The zero-order valence-electron chi connectivity index (χ0n) is 15.9. The summed E-state index contributed by atoms with van der Waals surface area (Å²) in [6.45, 7) is 7.05. The highest BCUT2D eigenvalue weighted by Crippen LogP contribution is 2.27. The van der Waals surface area contributed by atoms with E-state index in [0.29, 0.717) is 11.4 Å². The van der Waals surface area contributed by atoms with E-state index in [-0.39, 0.29) is 15.5 Å². The quantitative estimate of drug-likeness (QED) is 0.780. The van der Waals surface area contributed by atoms with Crippen LogP contribution in [-0.4, -0.2) is 27.0 Å². The van der Waals surface area contributed by atoms with Gasteiger partial charge in [-0.1, -0.05) is 17.7 Å². The number of amides is 1. The van der Waals surface area contributed by atoms with Gasteiger partial charge in [-0.05, 0) is 63.6 Å². The van der Waals surface area contributed by atoms with Crippen LogP contribution in [0, 0.1) is 6.92 Å². The van der Waals surface area contributed by atoms with Gasteiger partial charge in [0.05, 0.1) is 17.8 Å². The predicted molar refractivity (Wildman–Crippen MR) is 107 cm³/mol. The van der Waals surface area contributed by atoms with E-state index in [1.807, 2.05) is 13.0 Å². The van der Waals surface area contributed by atoms with Gasteiger partial charge in [0, 0.05) is 11.1 Å². The number of sulfonamides is 1. The minimum Gasteiger partial charge on any atom is -0.495 e. The van der Waals surface area contributed by atoms with Gasteiger partial charge >= 0.3 is 0 Å². The average Bonchev–Trinajstić information content (AvgIpc) is 2.53. The number of rotatable bonds is 5. The molecule has 2 aromatic rings. The largest absolute Gasteiger partial charge is 0.495 e. The first-order chi connectivity index (χ1) is 12.4. The average molecular weight is 411 g/mol. The molecule has 2 aromatic carbocycles. The standard InChI is InChI=1S/C19H23ClN2O4S/c1-12-6-9-16(26-5)15(10-12)21-18(23)13-7-8-14(20)17(11-13)27(24,25)22-19(2,3)4/h6-11,22H,1-5H3,(H,21,23). The Morgan fingerprint density at radius 2 is 1.78 bits per heavy atom. The van der Waals surface area contributed by atoms with Crippen LogP contribution in [0.5, 0.6) is 5.75 Å². The van der Waals surface area contributed by atoms with Gasteiger partial charge in [0.1, 0.15) is 10.6 Å². The molecule has 0 bridgehead atoms. The fourth-order valence-electron chi connectivity index (χ4n) is 2.42. The molecule has 0 saturated carbocycles. The molecule has 8 heteroatoms.